The summed E-state index contributed by atoms with van der Waals surface area (Å²) in [4.78, 5) is 0. The fraction of sp³-hybridized carbons (Fsp3) is 0. The van der Waals surface area contributed by atoms with Gasteiger partial charge < -0.3 is 5.11 Å². The molecule has 0 aliphatic heterocycles. The minimum Gasteiger partial charge on any atom is -0.506 e. The van der Waals surface area contributed by atoms with E-state index in [0.29, 0.717) is 21.5 Å². The maximum absolute atomic E-state index is 10.1. The maximum atomic E-state index is 10.1. The number of phenolic OH excluding ortho intramolecular Hbond substituents is 1. The van der Waals surface area contributed by atoms with Crippen molar-refractivity contribution in [1.82, 2.24) is 19.8 Å². The van der Waals surface area contributed by atoms with E-state index in [1.807, 2.05) is 24.3 Å². The lowest BCUT2D eigenvalue weighted by atomic mass is 10.2. The minimum atomic E-state index is 0.112. The summed E-state index contributed by atoms with van der Waals surface area (Å²) in [5.74, 6) is 0.675. The Morgan fingerprint density at radius 2 is 1.96 bits per heavy atom. The highest BCUT2D eigenvalue weighted by Crippen LogP contribution is 2.30. The highest BCUT2D eigenvalue weighted by molar-refractivity contribution is 9.11. The number of anilines is 1. The van der Waals surface area contributed by atoms with Crippen molar-refractivity contribution in [3.8, 4) is 5.75 Å². The second kappa shape index (κ2) is 6.41. The van der Waals surface area contributed by atoms with Crippen molar-refractivity contribution in [3.05, 3.63) is 57.2 Å². The Morgan fingerprint density at radius 1 is 1.16 bits per heavy atom. The molecule has 7 nitrogen and oxygen atoms in total. The van der Waals surface area contributed by atoms with Crippen LogP contribution >= 0.6 is 31.9 Å². The Morgan fingerprint density at radius 3 is 2.80 bits per heavy atom. The summed E-state index contributed by atoms with van der Waals surface area (Å²) in [6.45, 7) is 0. The van der Waals surface area contributed by atoms with Crippen LogP contribution in [0.15, 0.2) is 56.8 Å². The molecule has 9 heteroatoms. The van der Waals surface area contributed by atoms with Crippen LogP contribution in [0.5, 0.6) is 5.75 Å². The lowest BCUT2D eigenvalue weighted by molar-refractivity contribution is 0.471. The van der Waals surface area contributed by atoms with Gasteiger partial charge in [-0.1, -0.05) is 40.2 Å². The van der Waals surface area contributed by atoms with E-state index < -0.39 is 0 Å². The molecule has 2 aromatic carbocycles. The van der Waals surface area contributed by atoms with E-state index in [-0.39, 0.29) is 5.75 Å². The summed E-state index contributed by atoms with van der Waals surface area (Å²) in [5.41, 5.74) is 4.16. The summed E-state index contributed by atoms with van der Waals surface area (Å²) in [6.07, 6.45) is 3.06. The van der Waals surface area contributed by atoms with Crippen molar-refractivity contribution >= 4 is 60.3 Å². The second-order valence-electron chi connectivity index (χ2n) is 5.19. The van der Waals surface area contributed by atoms with E-state index in [0.717, 1.165) is 15.2 Å². The Labute approximate surface area is 158 Å². The maximum Gasteiger partial charge on any atom is 0.185 e. The summed E-state index contributed by atoms with van der Waals surface area (Å²) in [6, 6.07) is 11.3. The van der Waals surface area contributed by atoms with Crippen molar-refractivity contribution in [1.29, 1.82) is 0 Å². The van der Waals surface area contributed by atoms with Crippen LogP contribution in [0.4, 0.5) is 5.82 Å². The Balaban J connectivity index is 1.73. The molecule has 0 amide bonds. The summed E-state index contributed by atoms with van der Waals surface area (Å²) in [7, 11) is 0. The molecule has 0 unspecified atom stereocenters. The van der Waals surface area contributed by atoms with Gasteiger partial charge in [0.2, 0.25) is 0 Å². The molecular formula is C16H10Br2N6O. The molecule has 0 aliphatic carbocycles. The third-order valence-corrected chi connectivity index (χ3v) is 4.66. The molecular weight excluding hydrogens is 452 g/mol. The molecule has 0 fully saturated rings. The van der Waals surface area contributed by atoms with Crippen molar-refractivity contribution in [2.45, 2.75) is 0 Å². The van der Waals surface area contributed by atoms with Gasteiger partial charge in [-0.05, 0) is 28.1 Å². The van der Waals surface area contributed by atoms with E-state index >= 15 is 0 Å². The number of hydrogen-bond acceptors (Lipinski definition) is 6. The quantitative estimate of drug-likeness (QED) is 0.356. The number of aromatic hydroxyl groups is 1. The van der Waals surface area contributed by atoms with Crippen LogP contribution in [0.3, 0.4) is 0 Å². The molecule has 2 aromatic heterocycles. The van der Waals surface area contributed by atoms with E-state index in [1.165, 1.54) is 12.5 Å². The van der Waals surface area contributed by atoms with Crippen LogP contribution in [0.1, 0.15) is 5.56 Å². The lowest BCUT2D eigenvalue weighted by Crippen LogP contribution is -2.00. The number of halogens is 2. The molecule has 0 bridgehead atoms. The highest BCUT2D eigenvalue weighted by Gasteiger charge is 2.09. The van der Waals surface area contributed by atoms with Crippen LogP contribution in [0.2, 0.25) is 0 Å². The predicted octanol–water partition coefficient (Wildman–Crippen LogP) is 3.95. The zero-order valence-electron chi connectivity index (χ0n) is 12.6. The van der Waals surface area contributed by atoms with Crippen molar-refractivity contribution < 1.29 is 5.11 Å². The molecule has 0 saturated carbocycles. The fourth-order valence-corrected chi connectivity index (χ4v) is 3.71. The van der Waals surface area contributed by atoms with Gasteiger partial charge in [0.1, 0.15) is 12.1 Å². The molecule has 25 heavy (non-hydrogen) atoms. The highest BCUT2D eigenvalue weighted by atomic mass is 79.9. The van der Waals surface area contributed by atoms with Gasteiger partial charge in [-0.25, -0.2) is 0 Å². The van der Waals surface area contributed by atoms with Gasteiger partial charge in [0.25, 0.3) is 0 Å². The fourth-order valence-electron chi connectivity index (χ4n) is 2.46. The molecule has 0 radical (unpaired) electrons. The minimum absolute atomic E-state index is 0.112. The third-order valence-electron chi connectivity index (χ3n) is 3.59. The second-order valence-corrected chi connectivity index (χ2v) is 6.96. The number of nitrogens with zero attached hydrogens (tertiary/aromatic N) is 5. The van der Waals surface area contributed by atoms with Gasteiger partial charge in [0.05, 0.1) is 10.7 Å². The molecule has 4 rings (SSSR count). The van der Waals surface area contributed by atoms with E-state index in [1.54, 1.807) is 16.6 Å². The van der Waals surface area contributed by atoms with Gasteiger partial charge in [0.15, 0.2) is 11.5 Å². The number of hydrogen-bond donors (Lipinski definition) is 2. The number of rotatable bonds is 3. The summed E-state index contributed by atoms with van der Waals surface area (Å²) >= 11 is 6.68. The van der Waals surface area contributed by atoms with Gasteiger partial charge in [-0.15, -0.1) is 15.3 Å². The van der Waals surface area contributed by atoms with Crippen LogP contribution < -0.4 is 5.43 Å². The first-order chi connectivity index (χ1) is 12.1. The van der Waals surface area contributed by atoms with Crippen molar-refractivity contribution in [3.63, 3.8) is 0 Å². The number of nitrogens with one attached hydrogen (secondary N) is 1. The summed E-state index contributed by atoms with van der Waals surface area (Å²) < 4.78 is 3.00. The number of aromatic nitrogens is 4. The lowest BCUT2D eigenvalue weighted by Gasteiger charge is -2.06. The van der Waals surface area contributed by atoms with E-state index in [4.69, 9.17) is 0 Å². The number of benzene rings is 2. The van der Waals surface area contributed by atoms with E-state index in [2.05, 4.69) is 57.7 Å². The van der Waals surface area contributed by atoms with Crippen molar-refractivity contribution in [2.75, 3.05) is 5.43 Å². The monoisotopic (exact) mass is 460 g/mol. The molecule has 0 spiro atoms. The van der Waals surface area contributed by atoms with Gasteiger partial charge in [-0.2, -0.15) is 9.62 Å². The van der Waals surface area contributed by atoms with Crippen LogP contribution in [-0.2, 0) is 0 Å². The van der Waals surface area contributed by atoms with E-state index in [9.17, 15) is 5.11 Å². The third kappa shape index (κ3) is 2.96. The molecule has 0 atom stereocenters. The first kappa shape index (κ1) is 16.0. The smallest absolute Gasteiger partial charge is 0.185 e. The van der Waals surface area contributed by atoms with Crippen molar-refractivity contribution in [2.24, 2.45) is 5.10 Å². The zero-order chi connectivity index (χ0) is 17.4. The molecule has 0 aliphatic rings. The molecule has 4 aromatic rings. The van der Waals surface area contributed by atoms with Gasteiger partial charge in [0, 0.05) is 20.8 Å². The molecule has 2 N–H and O–H groups in total. The Hall–Kier alpha value is -2.52. The predicted molar refractivity (Wildman–Crippen MR) is 103 cm³/mol. The average Bonchev–Trinajstić information content (AvgIpc) is 3.07. The Bertz CT molecular complexity index is 1120. The van der Waals surface area contributed by atoms with Gasteiger partial charge >= 0.3 is 0 Å². The topological polar surface area (TPSA) is 87.7 Å². The van der Waals surface area contributed by atoms with Crippen LogP contribution in [0.25, 0.3) is 16.4 Å². The molecule has 2 heterocycles. The standard InChI is InChI=1S/C16H10Br2N6O/c17-10-5-9(14(25)13(18)6-10)7-19-21-15-11-3-1-2-4-12(11)16-22-20-8-24(16)23-15/h1-8,25H,(H,21,23)/b19-7-. The number of fused-ring (bicyclic) bond motifs is 3. The zero-order valence-corrected chi connectivity index (χ0v) is 15.7. The van der Waals surface area contributed by atoms with Crippen LogP contribution in [-0.4, -0.2) is 31.1 Å². The largest absolute Gasteiger partial charge is 0.506 e. The number of phenols is 1. The molecule has 0 saturated heterocycles. The first-order valence-electron chi connectivity index (χ1n) is 7.19. The summed E-state index contributed by atoms with van der Waals surface area (Å²) in [5, 5.41) is 28.5. The van der Waals surface area contributed by atoms with Gasteiger partial charge in [-0.3, -0.25) is 5.43 Å². The first-order valence-corrected chi connectivity index (χ1v) is 8.78. The SMILES string of the molecule is Oc1c(Br)cc(Br)cc1/C=N\Nc1nn2cnnc2c2ccccc12. The van der Waals surface area contributed by atoms with Crippen LogP contribution in [0, 0.1) is 0 Å². The average molecular weight is 462 g/mol. The number of hydrazone groups is 1. The molecule has 124 valence electrons. The Kier molecular flexibility index (Phi) is 4.10. The normalized spacial score (nSPS) is 11.6.